The standard InChI is InChI=1S/C15H19N/c1-4-6-14-12(5-2)10-13-8-7-11(3)9-15(13)16-14/h7-10H,4-6H2,1-3H3. The third kappa shape index (κ3) is 2.08. The molecule has 1 aromatic heterocycles. The lowest BCUT2D eigenvalue weighted by Gasteiger charge is -2.08. The van der Waals surface area contributed by atoms with Crippen LogP contribution in [0.3, 0.4) is 0 Å². The summed E-state index contributed by atoms with van der Waals surface area (Å²) in [4.78, 5) is 4.80. The molecule has 1 nitrogen and oxygen atoms in total. The zero-order valence-electron chi connectivity index (χ0n) is 10.4. The highest BCUT2D eigenvalue weighted by atomic mass is 14.7. The van der Waals surface area contributed by atoms with Crippen molar-refractivity contribution >= 4 is 10.9 Å². The van der Waals surface area contributed by atoms with Gasteiger partial charge in [0.1, 0.15) is 0 Å². The third-order valence-electron chi connectivity index (χ3n) is 3.01. The first kappa shape index (κ1) is 11.1. The molecule has 0 saturated heterocycles. The van der Waals surface area contributed by atoms with Crippen molar-refractivity contribution in [2.75, 3.05) is 0 Å². The molecule has 0 saturated carbocycles. The van der Waals surface area contributed by atoms with E-state index in [2.05, 4.69) is 45.0 Å². The molecule has 0 aliphatic rings. The zero-order valence-corrected chi connectivity index (χ0v) is 10.4. The van der Waals surface area contributed by atoms with Gasteiger partial charge in [-0.3, -0.25) is 4.98 Å². The Kier molecular flexibility index (Phi) is 3.23. The SMILES string of the molecule is CCCc1nc2cc(C)ccc2cc1CC. The molecule has 1 heteroatoms. The highest BCUT2D eigenvalue weighted by molar-refractivity contribution is 5.80. The Labute approximate surface area is 97.5 Å². The molecule has 16 heavy (non-hydrogen) atoms. The van der Waals surface area contributed by atoms with Crippen LogP contribution in [-0.4, -0.2) is 4.98 Å². The van der Waals surface area contributed by atoms with Gasteiger partial charge in [-0.15, -0.1) is 0 Å². The number of nitrogens with zero attached hydrogens (tertiary/aromatic N) is 1. The summed E-state index contributed by atoms with van der Waals surface area (Å²) in [5, 5.41) is 1.27. The molecule has 0 aliphatic carbocycles. The Morgan fingerprint density at radius 2 is 1.94 bits per heavy atom. The van der Waals surface area contributed by atoms with Crippen molar-refractivity contribution in [3.8, 4) is 0 Å². The van der Waals surface area contributed by atoms with Crippen LogP contribution in [0, 0.1) is 6.92 Å². The molecular formula is C15H19N. The largest absolute Gasteiger partial charge is 0.253 e. The van der Waals surface area contributed by atoms with Crippen molar-refractivity contribution in [2.24, 2.45) is 0 Å². The Balaban J connectivity index is 2.60. The van der Waals surface area contributed by atoms with E-state index < -0.39 is 0 Å². The minimum atomic E-state index is 1.08. The normalized spacial score (nSPS) is 10.9. The second kappa shape index (κ2) is 4.65. The number of aryl methyl sites for hydroxylation is 3. The van der Waals surface area contributed by atoms with Crippen molar-refractivity contribution in [3.63, 3.8) is 0 Å². The smallest absolute Gasteiger partial charge is 0.0708 e. The van der Waals surface area contributed by atoms with E-state index in [0.717, 1.165) is 24.8 Å². The number of hydrogen-bond acceptors (Lipinski definition) is 1. The van der Waals surface area contributed by atoms with Crippen molar-refractivity contribution in [2.45, 2.75) is 40.0 Å². The lowest BCUT2D eigenvalue weighted by atomic mass is 10.0. The van der Waals surface area contributed by atoms with Gasteiger partial charge in [-0.25, -0.2) is 0 Å². The number of rotatable bonds is 3. The summed E-state index contributed by atoms with van der Waals surface area (Å²) in [7, 11) is 0. The number of fused-ring (bicyclic) bond motifs is 1. The predicted molar refractivity (Wildman–Crippen MR) is 69.9 cm³/mol. The Bertz CT molecular complexity index is 500. The van der Waals surface area contributed by atoms with Crippen LogP contribution in [0.25, 0.3) is 10.9 Å². The van der Waals surface area contributed by atoms with E-state index in [4.69, 9.17) is 4.98 Å². The molecule has 0 unspecified atom stereocenters. The summed E-state index contributed by atoms with van der Waals surface area (Å²) in [5.41, 5.74) is 5.11. The third-order valence-corrected chi connectivity index (χ3v) is 3.01. The topological polar surface area (TPSA) is 12.9 Å². The van der Waals surface area contributed by atoms with Gasteiger partial charge >= 0.3 is 0 Å². The Morgan fingerprint density at radius 3 is 2.62 bits per heavy atom. The number of benzene rings is 1. The van der Waals surface area contributed by atoms with Crippen LogP contribution in [0.5, 0.6) is 0 Å². The minimum absolute atomic E-state index is 1.08. The van der Waals surface area contributed by atoms with Gasteiger partial charge in [0.15, 0.2) is 0 Å². The van der Waals surface area contributed by atoms with Crippen molar-refractivity contribution in [3.05, 3.63) is 41.1 Å². The summed E-state index contributed by atoms with van der Waals surface area (Å²) >= 11 is 0. The van der Waals surface area contributed by atoms with Crippen LogP contribution in [0.15, 0.2) is 24.3 Å². The first-order chi connectivity index (χ1) is 7.74. The molecule has 1 aromatic carbocycles. The molecule has 0 amide bonds. The lowest BCUT2D eigenvalue weighted by molar-refractivity contribution is 0.865. The molecule has 0 atom stereocenters. The quantitative estimate of drug-likeness (QED) is 0.749. The summed E-state index contributed by atoms with van der Waals surface area (Å²) < 4.78 is 0. The van der Waals surface area contributed by atoms with Gasteiger partial charge in [-0.05, 0) is 43.0 Å². The Hall–Kier alpha value is -1.37. The van der Waals surface area contributed by atoms with E-state index in [1.807, 2.05) is 0 Å². The van der Waals surface area contributed by atoms with E-state index >= 15 is 0 Å². The maximum atomic E-state index is 4.80. The fourth-order valence-electron chi connectivity index (χ4n) is 2.12. The van der Waals surface area contributed by atoms with Gasteiger partial charge < -0.3 is 0 Å². The Morgan fingerprint density at radius 1 is 1.12 bits per heavy atom. The molecule has 0 bridgehead atoms. The van der Waals surface area contributed by atoms with Gasteiger partial charge in [0.2, 0.25) is 0 Å². The maximum absolute atomic E-state index is 4.80. The van der Waals surface area contributed by atoms with E-state index in [9.17, 15) is 0 Å². The molecule has 0 spiro atoms. The van der Waals surface area contributed by atoms with Crippen molar-refractivity contribution < 1.29 is 0 Å². The molecule has 0 fully saturated rings. The van der Waals surface area contributed by atoms with Crippen LogP contribution in [0.4, 0.5) is 0 Å². The summed E-state index contributed by atoms with van der Waals surface area (Å²) in [6.45, 7) is 6.53. The van der Waals surface area contributed by atoms with E-state index in [1.165, 1.54) is 22.2 Å². The second-order valence-corrected chi connectivity index (χ2v) is 4.39. The molecule has 2 rings (SSSR count). The monoisotopic (exact) mass is 213 g/mol. The number of pyridine rings is 1. The molecule has 1 heterocycles. The maximum Gasteiger partial charge on any atom is 0.0708 e. The van der Waals surface area contributed by atoms with Crippen LogP contribution in [0.2, 0.25) is 0 Å². The highest BCUT2D eigenvalue weighted by Gasteiger charge is 2.04. The van der Waals surface area contributed by atoms with Gasteiger partial charge in [0.25, 0.3) is 0 Å². The minimum Gasteiger partial charge on any atom is -0.253 e. The first-order valence-corrected chi connectivity index (χ1v) is 6.13. The summed E-state index contributed by atoms with van der Waals surface area (Å²) in [6.07, 6.45) is 3.33. The molecule has 2 aromatic rings. The van der Waals surface area contributed by atoms with Crippen molar-refractivity contribution in [1.82, 2.24) is 4.98 Å². The average Bonchev–Trinajstić information content (AvgIpc) is 2.28. The van der Waals surface area contributed by atoms with Gasteiger partial charge in [0.05, 0.1) is 5.52 Å². The zero-order chi connectivity index (χ0) is 11.5. The van der Waals surface area contributed by atoms with Crippen LogP contribution in [0.1, 0.15) is 37.1 Å². The molecule has 0 radical (unpaired) electrons. The summed E-state index contributed by atoms with van der Waals surface area (Å²) in [5.74, 6) is 0. The number of aromatic nitrogens is 1. The molecule has 84 valence electrons. The van der Waals surface area contributed by atoms with Crippen LogP contribution >= 0.6 is 0 Å². The second-order valence-electron chi connectivity index (χ2n) is 4.39. The van der Waals surface area contributed by atoms with E-state index in [1.54, 1.807) is 0 Å². The molecular weight excluding hydrogens is 194 g/mol. The fourth-order valence-corrected chi connectivity index (χ4v) is 2.12. The van der Waals surface area contributed by atoms with Crippen LogP contribution < -0.4 is 0 Å². The van der Waals surface area contributed by atoms with Gasteiger partial charge in [-0.1, -0.05) is 32.4 Å². The average molecular weight is 213 g/mol. The molecule has 0 aliphatic heterocycles. The highest BCUT2D eigenvalue weighted by Crippen LogP contribution is 2.19. The summed E-state index contributed by atoms with van der Waals surface area (Å²) in [6, 6.07) is 8.80. The van der Waals surface area contributed by atoms with E-state index in [0.29, 0.717) is 0 Å². The predicted octanol–water partition coefficient (Wildman–Crippen LogP) is 4.06. The fraction of sp³-hybridized carbons (Fsp3) is 0.400. The van der Waals surface area contributed by atoms with Crippen LogP contribution in [-0.2, 0) is 12.8 Å². The van der Waals surface area contributed by atoms with Gasteiger partial charge in [0, 0.05) is 11.1 Å². The lowest BCUT2D eigenvalue weighted by Crippen LogP contribution is -1.97. The molecule has 0 N–H and O–H groups in total. The number of hydrogen-bond donors (Lipinski definition) is 0. The first-order valence-electron chi connectivity index (χ1n) is 6.13. The van der Waals surface area contributed by atoms with Gasteiger partial charge in [-0.2, -0.15) is 0 Å². The van der Waals surface area contributed by atoms with E-state index in [-0.39, 0.29) is 0 Å². The van der Waals surface area contributed by atoms with Crippen molar-refractivity contribution in [1.29, 1.82) is 0 Å².